The highest BCUT2D eigenvalue weighted by Gasteiger charge is 2.22. The molecule has 122 valence electrons. The zero-order valence-corrected chi connectivity index (χ0v) is 13.9. The summed E-state index contributed by atoms with van der Waals surface area (Å²) in [5, 5.41) is 2.71. The summed E-state index contributed by atoms with van der Waals surface area (Å²) >= 11 is 5.38. The van der Waals surface area contributed by atoms with E-state index in [1.165, 1.54) is 0 Å². The molecule has 22 heavy (non-hydrogen) atoms. The van der Waals surface area contributed by atoms with Crippen LogP contribution >= 0.6 is 11.6 Å². The van der Waals surface area contributed by atoms with E-state index >= 15 is 0 Å². The molecule has 5 nitrogen and oxygen atoms in total. The first-order chi connectivity index (χ1) is 10.3. The van der Waals surface area contributed by atoms with Crippen molar-refractivity contribution in [3.8, 4) is 0 Å². The fraction of sp³-hybridized carbons (Fsp3) is 0.500. The number of halogens is 1. The van der Waals surface area contributed by atoms with E-state index in [1.54, 1.807) is 20.8 Å². The number of alkyl carbamates (subject to hydrolysis) is 1. The van der Waals surface area contributed by atoms with Crippen LogP contribution in [0.2, 0.25) is 0 Å². The molecule has 0 aromatic heterocycles. The fourth-order valence-electron chi connectivity index (χ4n) is 1.87. The van der Waals surface area contributed by atoms with Gasteiger partial charge >= 0.3 is 12.1 Å². The average molecular weight is 328 g/mol. The van der Waals surface area contributed by atoms with E-state index in [2.05, 4.69) is 5.32 Å². The molecular formula is C16H22ClNO4. The predicted molar refractivity (Wildman–Crippen MR) is 84.7 cm³/mol. The van der Waals surface area contributed by atoms with Gasteiger partial charge in [0.1, 0.15) is 5.60 Å². The van der Waals surface area contributed by atoms with Gasteiger partial charge in [0.2, 0.25) is 0 Å². The second-order valence-corrected chi connectivity index (χ2v) is 6.08. The van der Waals surface area contributed by atoms with Gasteiger partial charge in [-0.2, -0.15) is 0 Å². The van der Waals surface area contributed by atoms with E-state index in [0.717, 1.165) is 5.56 Å². The Labute approximate surface area is 135 Å². The minimum absolute atomic E-state index is 0.0286. The van der Waals surface area contributed by atoms with Gasteiger partial charge in [0.05, 0.1) is 6.42 Å². The number of benzene rings is 1. The number of hydrogen-bond donors (Lipinski definition) is 1. The van der Waals surface area contributed by atoms with Crippen LogP contribution in [0.15, 0.2) is 30.3 Å². The lowest BCUT2D eigenvalue weighted by Crippen LogP contribution is -2.41. The summed E-state index contributed by atoms with van der Waals surface area (Å²) in [7, 11) is 0. The second-order valence-electron chi connectivity index (χ2n) is 5.86. The summed E-state index contributed by atoms with van der Waals surface area (Å²) in [4.78, 5) is 23.5. The van der Waals surface area contributed by atoms with Crippen LogP contribution in [0, 0.1) is 0 Å². The van der Waals surface area contributed by atoms with Gasteiger partial charge in [-0.25, -0.2) is 4.79 Å². The van der Waals surface area contributed by atoms with Crippen LogP contribution in [0.3, 0.4) is 0 Å². The van der Waals surface area contributed by atoms with Gasteiger partial charge < -0.3 is 14.8 Å². The number of hydrogen-bond acceptors (Lipinski definition) is 4. The van der Waals surface area contributed by atoms with E-state index in [-0.39, 0.29) is 12.5 Å². The Kier molecular flexibility index (Phi) is 7.18. The number of ether oxygens (including phenoxy) is 2. The lowest BCUT2D eigenvalue weighted by atomic mass is 10.0. The number of esters is 1. The Morgan fingerprint density at radius 3 is 2.41 bits per heavy atom. The zero-order chi connectivity index (χ0) is 16.6. The Morgan fingerprint density at radius 2 is 1.86 bits per heavy atom. The Balaban J connectivity index is 2.69. The molecule has 1 rings (SSSR count). The van der Waals surface area contributed by atoms with Gasteiger partial charge in [0.25, 0.3) is 0 Å². The molecule has 1 atom stereocenters. The van der Waals surface area contributed by atoms with Crippen LogP contribution in [0.25, 0.3) is 0 Å². The van der Waals surface area contributed by atoms with Crippen molar-refractivity contribution in [1.82, 2.24) is 5.32 Å². The molecular weight excluding hydrogens is 306 g/mol. The molecule has 0 saturated carbocycles. The van der Waals surface area contributed by atoms with E-state index in [4.69, 9.17) is 21.1 Å². The van der Waals surface area contributed by atoms with Gasteiger partial charge in [-0.05, 0) is 32.8 Å². The van der Waals surface area contributed by atoms with Crippen LogP contribution in [-0.4, -0.2) is 29.8 Å². The lowest BCUT2D eigenvalue weighted by Gasteiger charge is -2.23. The van der Waals surface area contributed by atoms with E-state index in [0.29, 0.717) is 6.42 Å². The number of alkyl halides is 1. The Morgan fingerprint density at radius 1 is 1.23 bits per heavy atom. The molecule has 1 aromatic rings. The maximum atomic E-state index is 11.9. The Bertz CT molecular complexity index is 485. The van der Waals surface area contributed by atoms with Crippen molar-refractivity contribution < 1.29 is 19.1 Å². The van der Waals surface area contributed by atoms with Crippen molar-refractivity contribution in [2.75, 3.05) is 6.07 Å². The van der Waals surface area contributed by atoms with Crippen molar-refractivity contribution in [1.29, 1.82) is 0 Å². The molecule has 0 aliphatic rings. The molecule has 0 heterocycles. The summed E-state index contributed by atoms with van der Waals surface area (Å²) < 4.78 is 9.95. The van der Waals surface area contributed by atoms with Gasteiger partial charge in [-0.3, -0.25) is 4.79 Å². The number of rotatable bonds is 6. The van der Waals surface area contributed by atoms with Crippen molar-refractivity contribution in [2.45, 2.75) is 45.3 Å². The first-order valence-corrected chi connectivity index (χ1v) is 7.58. The molecule has 6 heteroatoms. The Hall–Kier alpha value is -1.75. The third-order valence-electron chi connectivity index (χ3n) is 2.67. The molecule has 0 radical (unpaired) electrons. The van der Waals surface area contributed by atoms with Gasteiger partial charge in [0, 0.05) is 6.04 Å². The molecule has 0 bridgehead atoms. The molecule has 1 N–H and O–H groups in total. The second kappa shape index (κ2) is 8.63. The highest BCUT2D eigenvalue weighted by atomic mass is 35.5. The number of nitrogens with one attached hydrogen (secondary N) is 1. The lowest BCUT2D eigenvalue weighted by molar-refractivity contribution is -0.142. The van der Waals surface area contributed by atoms with Crippen LogP contribution < -0.4 is 5.32 Å². The fourth-order valence-corrected chi connectivity index (χ4v) is 1.99. The number of amides is 1. The molecule has 0 fully saturated rings. The molecule has 1 aromatic carbocycles. The molecule has 0 aliphatic carbocycles. The summed E-state index contributed by atoms with van der Waals surface area (Å²) in [6, 6.07) is 8.93. The standard InChI is InChI=1S/C16H22ClNO4/c1-16(2,3)22-15(20)18-13(10-14(19)21-11-17)9-12-7-5-4-6-8-12/h4-8,13H,9-11H2,1-3H3,(H,18,20). The SMILES string of the molecule is CC(C)(C)OC(=O)NC(CC(=O)OCCl)Cc1ccccc1. The van der Waals surface area contributed by atoms with Gasteiger partial charge in [-0.1, -0.05) is 41.9 Å². The van der Waals surface area contributed by atoms with Crippen LogP contribution in [-0.2, 0) is 20.7 Å². The van der Waals surface area contributed by atoms with Crippen molar-refractivity contribution in [3.05, 3.63) is 35.9 Å². The highest BCUT2D eigenvalue weighted by Crippen LogP contribution is 2.10. The van der Waals surface area contributed by atoms with E-state index < -0.39 is 23.7 Å². The molecule has 0 spiro atoms. The summed E-state index contributed by atoms with van der Waals surface area (Å²) in [5.41, 5.74) is 0.403. The maximum Gasteiger partial charge on any atom is 0.407 e. The van der Waals surface area contributed by atoms with Crippen molar-refractivity contribution in [2.24, 2.45) is 0 Å². The van der Waals surface area contributed by atoms with E-state index in [9.17, 15) is 9.59 Å². The third-order valence-corrected chi connectivity index (χ3v) is 2.78. The summed E-state index contributed by atoms with van der Waals surface area (Å²) in [6.45, 7) is 5.33. The minimum Gasteiger partial charge on any atom is -0.449 e. The minimum atomic E-state index is -0.599. The first-order valence-electron chi connectivity index (χ1n) is 7.05. The first kappa shape index (κ1) is 18.3. The topological polar surface area (TPSA) is 64.6 Å². The van der Waals surface area contributed by atoms with Crippen LogP contribution in [0.1, 0.15) is 32.8 Å². The average Bonchev–Trinajstić information content (AvgIpc) is 2.37. The molecule has 0 saturated heterocycles. The van der Waals surface area contributed by atoms with Crippen molar-refractivity contribution in [3.63, 3.8) is 0 Å². The largest absolute Gasteiger partial charge is 0.449 e. The van der Waals surface area contributed by atoms with Crippen LogP contribution in [0.5, 0.6) is 0 Å². The third kappa shape index (κ3) is 7.88. The summed E-state index contributed by atoms with van der Waals surface area (Å²) in [6.07, 6.45) is -0.0367. The monoisotopic (exact) mass is 327 g/mol. The smallest absolute Gasteiger partial charge is 0.407 e. The van der Waals surface area contributed by atoms with Gasteiger partial charge in [-0.15, -0.1) is 0 Å². The summed E-state index contributed by atoms with van der Waals surface area (Å²) in [5.74, 6) is -0.466. The number of carbonyl (C=O) groups is 2. The van der Waals surface area contributed by atoms with Crippen molar-refractivity contribution >= 4 is 23.7 Å². The molecule has 1 unspecified atom stereocenters. The quantitative estimate of drug-likeness (QED) is 0.643. The van der Waals surface area contributed by atoms with Crippen LogP contribution in [0.4, 0.5) is 4.79 Å². The predicted octanol–water partition coefficient (Wildman–Crippen LogP) is 3.25. The number of carbonyl (C=O) groups excluding carboxylic acids is 2. The molecule has 1 amide bonds. The molecule has 0 aliphatic heterocycles. The normalized spacial score (nSPS) is 12.4. The van der Waals surface area contributed by atoms with E-state index in [1.807, 2.05) is 30.3 Å². The van der Waals surface area contributed by atoms with Gasteiger partial charge in [0.15, 0.2) is 6.07 Å². The highest BCUT2D eigenvalue weighted by molar-refractivity contribution is 6.17. The zero-order valence-electron chi connectivity index (χ0n) is 13.1. The maximum absolute atomic E-state index is 11.9.